The Balaban J connectivity index is 3.16. The van der Waals surface area contributed by atoms with E-state index in [1.54, 1.807) is 26.2 Å². The molecule has 1 atom stereocenters. The van der Waals surface area contributed by atoms with Crippen LogP contribution < -0.4 is 5.73 Å². The predicted molar refractivity (Wildman–Crippen MR) is 76.5 cm³/mol. The molecule has 0 aliphatic carbocycles. The topological polar surface area (TPSA) is 72.6 Å². The molecular formula is C13H22N2O3S. The Hall–Kier alpha value is -1.11. The SMILES string of the molecule is CCN(C(C)COC)S(=O)(=O)c1ccc(C)c(N)c1. The molecule has 5 nitrogen and oxygen atoms in total. The van der Waals surface area contributed by atoms with Gasteiger partial charge >= 0.3 is 0 Å². The van der Waals surface area contributed by atoms with Gasteiger partial charge in [-0.05, 0) is 31.5 Å². The Morgan fingerprint density at radius 2 is 2.05 bits per heavy atom. The van der Waals surface area contributed by atoms with E-state index in [2.05, 4.69) is 0 Å². The lowest BCUT2D eigenvalue weighted by Gasteiger charge is -2.26. The smallest absolute Gasteiger partial charge is 0.243 e. The van der Waals surface area contributed by atoms with Gasteiger partial charge in [-0.1, -0.05) is 13.0 Å². The van der Waals surface area contributed by atoms with Gasteiger partial charge in [-0.2, -0.15) is 4.31 Å². The lowest BCUT2D eigenvalue weighted by Crippen LogP contribution is -2.40. The number of ether oxygens (including phenoxy) is 1. The number of likely N-dealkylation sites (N-methyl/N-ethyl adjacent to an activating group) is 1. The van der Waals surface area contributed by atoms with Crippen LogP contribution in [0.4, 0.5) is 5.69 Å². The zero-order chi connectivity index (χ0) is 14.6. The molecule has 0 bridgehead atoms. The van der Waals surface area contributed by atoms with Gasteiger partial charge in [0.05, 0.1) is 11.5 Å². The molecule has 0 aliphatic heterocycles. The zero-order valence-electron chi connectivity index (χ0n) is 11.9. The minimum atomic E-state index is -3.54. The molecule has 0 saturated heterocycles. The predicted octanol–water partition coefficient (Wildman–Crippen LogP) is 1.62. The van der Waals surface area contributed by atoms with Crippen LogP contribution in [0.2, 0.25) is 0 Å². The average molecular weight is 286 g/mol. The summed E-state index contributed by atoms with van der Waals surface area (Å²) in [7, 11) is -1.98. The molecular weight excluding hydrogens is 264 g/mol. The van der Waals surface area contributed by atoms with Crippen molar-refractivity contribution in [1.82, 2.24) is 4.31 Å². The summed E-state index contributed by atoms with van der Waals surface area (Å²) in [5, 5.41) is 0. The van der Waals surface area contributed by atoms with Crippen molar-refractivity contribution in [2.45, 2.75) is 31.7 Å². The van der Waals surface area contributed by atoms with E-state index in [1.165, 1.54) is 10.4 Å². The van der Waals surface area contributed by atoms with Crippen molar-refractivity contribution in [1.29, 1.82) is 0 Å². The van der Waals surface area contributed by atoms with Crippen molar-refractivity contribution in [3.8, 4) is 0 Å². The first-order valence-electron chi connectivity index (χ1n) is 6.21. The number of benzene rings is 1. The molecule has 0 radical (unpaired) electrons. The van der Waals surface area contributed by atoms with Crippen molar-refractivity contribution >= 4 is 15.7 Å². The maximum Gasteiger partial charge on any atom is 0.243 e. The number of hydrogen-bond acceptors (Lipinski definition) is 4. The van der Waals surface area contributed by atoms with E-state index in [9.17, 15) is 8.42 Å². The molecule has 1 aromatic carbocycles. The summed E-state index contributed by atoms with van der Waals surface area (Å²) in [6, 6.07) is 4.59. The van der Waals surface area contributed by atoms with Gasteiger partial charge in [0.2, 0.25) is 10.0 Å². The second-order valence-electron chi connectivity index (χ2n) is 4.53. The van der Waals surface area contributed by atoms with Gasteiger partial charge in [0.1, 0.15) is 0 Å². The molecule has 0 aliphatic rings. The number of nitrogens with zero attached hydrogens (tertiary/aromatic N) is 1. The van der Waals surface area contributed by atoms with E-state index in [0.29, 0.717) is 18.8 Å². The molecule has 1 rings (SSSR count). The number of anilines is 1. The quantitative estimate of drug-likeness (QED) is 0.807. The third-order valence-electron chi connectivity index (χ3n) is 3.07. The first kappa shape index (κ1) is 15.9. The maximum atomic E-state index is 12.6. The van der Waals surface area contributed by atoms with Gasteiger partial charge in [0.25, 0.3) is 0 Å². The highest BCUT2D eigenvalue weighted by Crippen LogP contribution is 2.22. The van der Waals surface area contributed by atoms with Crippen molar-refractivity contribution in [3.05, 3.63) is 23.8 Å². The first-order chi connectivity index (χ1) is 8.84. The van der Waals surface area contributed by atoms with Crippen molar-refractivity contribution in [2.24, 2.45) is 0 Å². The van der Waals surface area contributed by atoms with E-state index in [-0.39, 0.29) is 10.9 Å². The number of aryl methyl sites for hydroxylation is 1. The summed E-state index contributed by atoms with van der Waals surface area (Å²) in [5.41, 5.74) is 7.14. The monoisotopic (exact) mass is 286 g/mol. The van der Waals surface area contributed by atoms with E-state index < -0.39 is 10.0 Å². The van der Waals surface area contributed by atoms with Gasteiger partial charge < -0.3 is 10.5 Å². The summed E-state index contributed by atoms with van der Waals surface area (Å²) in [6.07, 6.45) is 0. The second kappa shape index (κ2) is 6.36. The van der Waals surface area contributed by atoms with Gasteiger partial charge in [-0.15, -0.1) is 0 Å². The van der Waals surface area contributed by atoms with Gasteiger partial charge in [0.15, 0.2) is 0 Å². The van der Waals surface area contributed by atoms with E-state index >= 15 is 0 Å². The van der Waals surface area contributed by atoms with Crippen LogP contribution in [-0.4, -0.2) is 39.0 Å². The molecule has 6 heteroatoms. The summed E-state index contributed by atoms with van der Waals surface area (Å²) in [5.74, 6) is 0. The van der Waals surface area contributed by atoms with Crippen LogP contribution in [0.15, 0.2) is 23.1 Å². The van der Waals surface area contributed by atoms with Crippen LogP contribution in [-0.2, 0) is 14.8 Å². The summed E-state index contributed by atoms with van der Waals surface area (Å²) in [4.78, 5) is 0.223. The number of methoxy groups -OCH3 is 1. The highest BCUT2D eigenvalue weighted by atomic mass is 32.2. The fourth-order valence-electron chi connectivity index (χ4n) is 1.96. The highest BCUT2D eigenvalue weighted by molar-refractivity contribution is 7.89. The lowest BCUT2D eigenvalue weighted by atomic mass is 10.2. The van der Waals surface area contributed by atoms with Gasteiger partial charge in [-0.25, -0.2) is 8.42 Å². The van der Waals surface area contributed by atoms with Crippen LogP contribution in [0, 0.1) is 6.92 Å². The van der Waals surface area contributed by atoms with Crippen LogP contribution in [0.25, 0.3) is 0 Å². The van der Waals surface area contributed by atoms with E-state index in [4.69, 9.17) is 10.5 Å². The van der Waals surface area contributed by atoms with Gasteiger partial charge in [0, 0.05) is 25.4 Å². The number of rotatable bonds is 6. The van der Waals surface area contributed by atoms with Crippen LogP contribution in [0.1, 0.15) is 19.4 Å². The number of nitrogen functional groups attached to an aromatic ring is 1. The minimum Gasteiger partial charge on any atom is -0.398 e. The third kappa shape index (κ3) is 3.46. The molecule has 0 spiro atoms. The highest BCUT2D eigenvalue weighted by Gasteiger charge is 2.27. The molecule has 1 aromatic rings. The second-order valence-corrected chi connectivity index (χ2v) is 6.42. The zero-order valence-corrected chi connectivity index (χ0v) is 12.7. The van der Waals surface area contributed by atoms with Crippen molar-refractivity contribution in [2.75, 3.05) is 26.0 Å². The summed E-state index contributed by atoms with van der Waals surface area (Å²) < 4.78 is 31.6. The standard InChI is InChI=1S/C13H22N2O3S/c1-5-15(11(3)9-18-4)19(16,17)12-7-6-10(2)13(14)8-12/h6-8,11H,5,9,14H2,1-4H3. The molecule has 0 saturated carbocycles. The molecule has 0 heterocycles. The van der Waals surface area contributed by atoms with E-state index in [0.717, 1.165) is 5.56 Å². The summed E-state index contributed by atoms with van der Waals surface area (Å²) in [6.45, 7) is 6.22. The Morgan fingerprint density at radius 3 is 2.53 bits per heavy atom. The summed E-state index contributed by atoms with van der Waals surface area (Å²) >= 11 is 0. The normalized spacial score (nSPS) is 13.7. The maximum absolute atomic E-state index is 12.6. The largest absolute Gasteiger partial charge is 0.398 e. The minimum absolute atomic E-state index is 0.220. The van der Waals surface area contributed by atoms with Gasteiger partial charge in [-0.3, -0.25) is 0 Å². The van der Waals surface area contributed by atoms with Crippen LogP contribution in [0.3, 0.4) is 0 Å². The lowest BCUT2D eigenvalue weighted by molar-refractivity contribution is 0.142. The average Bonchev–Trinajstić information content (AvgIpc) is 2.33. The molecule has 2 N–H and O–H groups in total. The third-order valence-corrected chi connectivity index (χ3v) is 5.15. The van der Waals surface area contributed by atoms with Crippen molar-refractivity contribution in [3.63, 3.8) is 0 Å². The molecule has 0 fully saturated rings. The Bertz CT molecular complexity index is 529. The van der Waals surface area contributed by atoms with Crippen LogP contribution >= 0.6 is 0 Å². The van der Waals surface area contributed by atoms with Crippen molar-refractivity contribution < 1.29 is 13.2 Å². The molecule has 0 amide bonds. The van der Waals surface area contributed by atoms with E-state index in [1.807, 2.05) is 13.8 Å². The fraction of sp³-hybridized carbons (Fsp3) is 0.538. The Morgan fingerprint density at radius 1 is 1.42 bits per heavy atom. The number of hydrogen-bond donors (Lipinski definition) is 1. The molecule has 0 aromatic heterocycles. The number of nitrogens with two attached hydrogens (primary N) is 1. The molecule has 1 unspecified atom stereocenters. The molecule has 108 valence electrons. The number of sulfonamides is 1. The first-order valence-corrected chi connectivity index (χ1v) is 7.65. The fourth-order valence-corrected chi connectivity index (χ4v) is 3.62. The molecule has 19 heavy (non-hydrogen) atoms. The Labute approximate surface area is 115 Å². The van der Waals surface area contributed by atoms with Crippen LogP contribution in [0.5, 0.6) is 0 Å². The Kier molecular flexibility index (Phi) is 5.34.